The first-order chi connectivity index (χ1) is 14.7. The van der Waals surface area contributed by atoms with E-state index in [2.05, 4.69) is 28.5 Å². The van der Waals surface area contributed by atoms with Crippen LogP contribution in [-0.4, -0.2) is 64.9 Å². The number of thiophene rings is 1. The molecular formula is C23H33N5OS. The Hall–Kier alpha value is -1.73. The first-order valence-electron chi connectivity index (χ1n) is 11.7. The Morgan fingerprint density at radius 3 is 2.57 bits per heavy atom. The molecule has 0 bridgehead atoms. The summed E-state index contributed by atoms with van der Waals surface area (Å²) in [6, 6.07) is 0. The van der Waals surface area contributed by atoms with Crippen molar-refractivity contribution >= 4 is 33.3 Å². The summed E-state index contributed by atoms with van der Waals surface area (Å²) in [6.07, 6.45) is 6.46. The van der Waals surface area contributed by atoms with Crippen molar-refractivity contribution in [1.82, 2.24) is 19.8 Å². The molecular weight excluding hydrogens is 394 g/mol. The molecule has 6 nitrogen and oxygen atoms in total. The summed E-state index contributed by atoms with van der Waals surface area (Å²) in [7, 11) is 0. The first-order valence-corrected chi connectivity index (χ1v) is 12.6. The van der Waals surface area contributed by atoms with E-state index < -0.39 is 0 Å². The number of rotatable bonds is 5. The number of aryl methyl sites for hydroxylation is 1. The van der Waals surface area contributed by atoms with Crippen LogP contribution in [0.3, 0.4) is 0 Å². The molecule has 2 aliphatic heterocycles. The van der Waals surface area contributed by atoms with Crippen LogP contribution in [0.4, 0.5) is 5.82 Å². The summed E-state index contributed by atoms with van der Waals surface area (Å²) in [5.41, 5.74) is 1.48. The Morgan fingerprint density at radius 1 is 1.10 bits per heavy atom. The normalized spacial score (nSPS) is 20.5. The quantitative estimate of drug-likeness (QED) is 0.731. The summed E-state index contributed by atoms with van der Waals surface area (Å²) in [4.78, 5) is 32.4. The predicted octanol–water partition coefficient (Wildman–Crippen LogP) is 3.47. The summed E-state index contributed by atoms with van der Waals surface area (Å²) >= 11 is 1.87. The molecule has 4 heterocycles. The molecule has 1 saturated heterocycles. The molecule has 7 heteroatoms. The molecule has 0 spiro atoms. The van der Waals surface area contributed by atoms with Gasteiger partial charge in [-0.15, -0.1) is 11.3 Å². The highest BCUT2D eigenvalue weighted by Gasteiger charge is 2.32. The molecule has 0 aromatic carbocycles. The van der Waals surface area contributed by atoms with E-state index in [9.17, 15) is 4.79 Å². The Balaban J connectivity index is 1.44. The van der Waals surface area contributed by atoms with Crippen molar-refractivity contribution in [3.05, 3.63) is 16.3 Å². The highest BCUT2D eigenvalue weighted by atomic mass is 32.1. The van der Waals surface area contributed by atoms with Gasteiger partial charge in [-0.25, -0.2) is 9.97 Å². The fourth-order valence-corrected chi connectivity index (χ4v) is 6.23. The van der Waals surface area contributed by atoms with Gasteiger partial charge in [-0.2, -0.15) is 0 Å². The van der Waals surface area contributed by atoms with Crippen LogP contribution in [0.15, 0.2) is 0 Å². The van der Waals surface area contributed by atoms with Gasteiger partial charge in [-0.1, -0.05) is 20.3 Å². The van der Waals surface area contributed by atoms with Gasteiger partial charge in [0.1, 0.15) is 16.5 Å². The number of aromatic nitrogens is 2. The van der Waals surface area contributed by atoms with E-state index in [1.807, 2.05) is 11.3 Å². The first kappa shape index (κ1) is 20.2. The smallest absolute Gasteiger partial charge is 0.225 e. The molecule has 2 aromatic rings. The third kappa shape index (κ3) is 3.60. The second kappa shape index (κ2) is 8.42. The molecule has 3 aliphatic rings. The highest BCUT2D eigenvalue weighted by Crippen LogP contribution is 2.39. The summed E-state index contributed by atoms with van der Waals surface area (Å²) < 4.78 is 0. The molecule has 0 N–H and O–H groups in total. The third-order valence-corrected chi connectivity index (χ3v) is 8.18. The van der Waals surface area contributed by atoms with Crippen LogP contribution in [0.1, 0.15) is 55.8 Å². The molecule has 1 saturated carbocycles. The molecule has 1 aliphatic carbocycles. The van der Waals surface area contributed by atoms with E-state index in [-0.39, 0.29) is 0 Å². The zero-order valence-electron chi connectivity index (χ0n) is 18.3. The van der Waals surface area contributed by atoms with Gasteiger partial charge in [0, 0.05) is 56.5 Å². The Kier molecular flexibility index (Phi) is 5.67. The highest BCUT2D eigenvalue weighted by molar-refractivity contribution is 7.19. The van der Waals surface area contributed by atoms with Crippen molar-refractivity contribution in [2.45, 2.75) is 58.9 Å². The van der Waals surface area contributed by atoms with Crippen molar-refractivity contribution in [2.75, 3.05) is 44.2 Å². The average Bonchev–Trinajstić information content (AvgIpc) is 3.09. The lowest BCUT2D eigenvalue weighted by Gasteiger charge is -2.39. The Bertz CT molecular complexity index is 929. The van der Waals surface area contributed by atoms with Gasteiger partial charge in [0.05, 0.1) is 5.39 Å². The minimum Gasteiger partial charge on any atom is -0.352 e. The van der Waals surface area contributed by atoms with Gasteiger partial charge < -0.3 is 9.80 Å². The SMILES string of the molecule is CCCc1nc(N2CCN(C(=O)C3CCC3)CC2)c2c3c(sc2n1)CN(CC)CC3. The van der Waals surface area contributed by atoms with Crippen LogP contribution >= 0.6 is 11.3 Å². The Morgan fingerprint density at radius 2 is 1.90 bits per heavy atom. The summed E-state index contributed by atoms with van der Waals surface area (Å²) in [5.74, 6) is 2.78. The van der Waals surface area contributed by atoms with Crippen LogP contribution in [0.2, 0.25) is 0 Å². The van der Waals surface area contributed by atoms with E-state index in [0.717, 1.165) is 89.6 Å². The summed E-state index contributed by atoms with van der Waals surface area (Å²) in [5, 5.41) is 1.30. The lowest BCUT2D eigenvalue weighted by atomic mass is 9.84. The van der Waals surface area contributed by atoms with E-state index in [1.165, 1.54) is 27.1 Å². The van der Waals surface area contributed by atoms with Gasteiger partial charge in [0.25, 0.3) is 0 Å². The molecule has 1 amide bonds. The maximum atomic E-state index is 12.7. The number of nitrogens with zero attached hydrogens (tertiary/aromatic N) is 5. The van der Waals surface area contributed by atoms with Gasteiger partial charge in [-0.3, -0.25) is 9.69 Å². The maximum Gasteiger partial charge on any atom is 0.225 e. The molecule has 0 unspecified atom stereocenters. The van der Waals surface area contributed by atoms with Crippen molar-refractivity contribution in [3.63, 3.8) is 0 Å². The monoisotopic (exact) mass is 427 g/mol. The molecule has 30 heavy (non-hydrogen) atoms. The van der Waals surface area contributed by atoms with Crippen molar-refractivity contribution in [2.24, 2.45) is 5.92 Å². The molecule has 2 aromatic heterocycles. The van der Waals surface area contributed by atoms with Gasteiger partial charge in [0.15, 0.2) is 0 Å². The van der Waals surface area contributed by atoms with E-state index >= 15 is 0 Å². The van der Waals surface area contributed by atoms with Gasteiger partial charge in [-0.05, 0) is 37.8 Å². The number of likely N-dealkylation sites (N-methyl/N-ethyl adjacent to an activating group) is 1. The molecule has 2 fully saturated rings. The van der Waals surface area contributed by atoms with Crippen molar-refractivity contribution in [1.29, 1.82) is 0 Å². The molecule has 0 atom stereocenters. The zero-order valence-corrected chi connectivity index (χ0v) is 19.1. The van der Waals surface area contributed by atoms with E-state index in [4.69, 9.17) is 9.97 Å². The Labute approximate surface area is 183 Å². The van der Waals surface area contributed by atoms with Gasteiger partial charge >= 0.3 is 0 Å². The van der Waals surface area contributed by atoms with Gasteiger partial charge in [0.2, 0.25) is 5.91 Å². The minimum atomic E-state index is 0.295. The third-order valence-electron chi connectivity index (χ3n) is 7.07. The average molecular weight is 428 g/mol. The number of hydrogen-bond acceptors (Lipinski definition) is 6. The number of fused-ring (bicyclic) bond motifs is 3. The van der Waals surface area contributed by atoms with Crippen LogP contribution in [-0.2, 0) is 24.2 Å². The fraction of sp³-hybridized carbons (Fsp3) is 0.696. The fourth-order valence-electron chi connectivity index (χ4n) is 4.96. The van der Waals surface area contributed by atoms with Crippen LogP contribution in [0.5, 0.6) is 0 Å². The predicted molar refractivity (Wildman–Crippen MR) is 122 cm³/mol. The van der Waals surface area contributed by atoms with Crippen LogP contribution in [0, 0.1) is 5.92 Å². The number of carbonyl (C=O) groups is 1. The number of hydrogen-bond donors (Lipinski definition) is 0. The maximum absolute atomic E-state index is 12.7. The number of anilines is 1. The van der Waals surface area contributed by atoms with Crippen molar-refractivity contribution in [3.8, 4) is 0 Å². The zero-order chi connectivity index (χ0) is 20.7. The number of piperazine rings is 1. The number of carbonyl (C=O) groups excluding carboxylic acids is 1. The second-order valence-corrected chi connectivity index (χ2v) is 10.0. The van der Waals surface area contributed by atoms with E-state index in [0.29, 0.717) is 11.8 Å². The second-order valence-electron chi connectivity index (χ2n) is 8.96. The molecule has 162 valence electrons. The standard InChI is InChI=1S/C23H33N5OS/c1-3-6-19-24-21(27-11-13-28(14-12-27)23(29)16-7-5-8-16)20-17-9-10-26(4-2)15-18(17)30-22(20)25-19/h16H,3-15H2,1-2H3. The topological polar surface area (TPSA) is 52.6 Å². The van der Waals surface area contributed by atoms with Crippen molar-refractivity contribution < 1.29 is 4.79 Å². The summed E-state index contributed by atoms with van der Waals surface area (Å²) in [6.45, 7) is 11.1. The molecule has 0 radical (unpaired) electrons. The van der Waals surface area contributed by atoms with Crippen LogP contribution < -0.4 is 4.90 Å². The minimum absolute atomic E-state index is 0.295. The largest absolute Gasteiger partial charge is 0.352 e. The lowest BCUT2D eigenvalue weighted by Crippen LogP contribution is -2.51. The van der Waals surface area contributed by atoms with Crippen LogP contribution in [0.25, 0.3) is 10.2 Å². The lowest BCUT2D eigenvalue weighted by molar-refractivity contribution is -0.138. The molecule has 5 rings (SSSR count). The van der Waals surface area contributed by atoms with E-state index in [1.54, 1.807) is 0 Å². The number of amides is 1.